The van der Waals surface area contributed by atoms with Gasteiger partial charge >= 0.3 is 5.69 Å². The molecule has 0 spiro atoms. The number of rotatable bonds is 9. The number of hydrogen-bond acceptors (Lipinski definition) is 5. The van der Waals surface area contributed by atoms with Gasteiger partial charge in [0.25, 0.3) is 5.56 Å². The number of carboxylic acids is 1. The second-order valence-corrected chi connectivity index (χ2v) is 6.97. The summed E-state index contributed by atoms with van der Waals surface area (Å²) >= 11 is 0. The summed E-state index contributed by atoms with van der Waals surface area (Å²) in [6, 6.07) is 14.0. The highest BCUT2D eigenvalue weighted by atomic mass is 16.4. The van der Waals surface area contributed by atoms with Crippen LogP contribution in [0.1, 0.15) is 37.3 Å². The van der Waals surface area contributed by atoms with Gasteiger partial charge in [0.05, 0.1) is 22.9 Å². The molecule has 0 radical (unpaired) electrons. The highest BCUT2D eigenvalue weighted by Crippen LogP contribution is 2.12. The van der Waals surface area contributed by atoms with Gasteiger partial charge in [0.15, 0.2) is 0 Å². The maximum Gasteiger partial charge on any atom is 0.328 e. The number of carbonyl (C=O) groups is 2. The van der Waals surface area contributed by atoms with Crippen molar-refractivity contribution in [2.45, 2.75) is 38.3 Å². The Balaban J connectivity index is 1.50. The Hall–Kier alpha value is -3.68. The van der Waals surface area contributed by atoms with E-state index in [0.717, 1.165) is 4.57 Å². The highest BCUT2D eigenvalue weighted by Gasteiger charge is 2.15. The Kier molecular flexibility index (Phi) is 6.79. The molecule has 30 heavy (non-hydrogen) atoms. The number of aliphatic carboxylic acids is 1. The second-order valence-electron chi connectivity index (χ2n) is 6.97. The standard InChI is InChI=1S/C22H23N3O5/c26-18(24-19(21(28)29)15-9-3-1-4-10-15)13-5-2-8-14-25-20(27)16-11-6-7-12-17(16)23-22(25)30/h1,3-4,6-7,9-12,19H,2,5,8,13-14H2,(H,23,30)(H,24,26)(H,28,29)/p-1/t19-/m0/s1. The van der Waals surface area contributed by atoms with E-state index in [1.165, 1.54) is 0 Å². The average molecular weight is 408 g/mol. The van der Waals surface area contributed by atoms with Crippen molar-refractivity contribution in [2.75, 3.05) is 0 Å². The number of nitrogens with zero attached hydrogens (tertiary/aromatic N) is 1. The Morgan fingerprint density at radius 3 is 2.40 bits per heavy atom. The van der Waals surface area contributed by atoms with Gasteiger partial charge in [-0.3, -0.25) is 14.2 Å². The lowest BCUT2D eigenvalue weighted by molar-refractivity contribution is -0.308. The first-order valence-electron chi connectivity index (χ1n) is 9.74. The van der Waals surface area contributed by atoms with Crippen molar-refractivity contribution in [3.05, 3.63) is 81.0 Å². The summed E-state index contributed by atoms with van der Waals surface area (Å²) in [6.07, 6.45) is 1.78. The van der Waals surface area contributed by atoms with E-state index in [1.807, 2.05) is 0 Å². The van der Waals surface area contributed by atoms with Gasteiger partial charge in [-0.1, -0.05) is 48.9 Å². The SMILES string of the molecule is O=C(CCCCCn1c(=O)[nH]c2ccccc2c1=O)N[C@H](C(=O)[O-])c1ccccc1. The summed E-state index contributed by atoms with van der Waals surface area (Å²) in [5.41, 5.74) is 0.143. The van der Waals surface area contributed by atoms with E-state index in [1.54, 1.807) is 54.6 Å². The maximum atomic E-state index is 12.5. The number of unbranched alkanes of at least 4 members (excludes halogenated alkanes) is 2. The second kappa shape index (κ2) is 9.69. The van der Waals surface area contributed by atoms with Crippen LogP contribution in [-0.4, -0.2) is 21.4 Å². The van der Waals surface area contributed by atoms with Gasteiger partial charge in [0.2, 0.25) is 5.91 Å². The van der Waals surface area contributed by atoms with Gasteiger partial charge in [-0.05, 0) is 30.5 Å². The van der Waals surface area contributed by atoms with E-state index in [2.05, 4.69) is 10.3 Å². The molecule has 8 heteroatoms. The van der Waals surface area contributed by atoms with Crippen LogP contribution in [0.2, 0.25) is 0 Å². The van der Waals surface area contributed by atoms with Crippen LogP contribution in [0.5, 0.6) is 0 Å². The van der Waals surface area contributed by atoms with Gasteiger partial charge < -0.3 is 20.2 Å². The molecule has 1 amide bonds. The van der Waals surface area contributed by atoms with Gasteiger partial charge in [0, 0.05) is 13.0 Å². The molecule has 1 aromatic heterocycles. The number of amides is 1. The number of carboxylic acid groups (broad SMARTS) is 1. The fraction of sp³-hybridized carbons (Fsp3) is 0.273. The van der Waals surface area contributed by atoms with Crippen LogP contribution in [0, 0.1) is 0 Å². The Morgan fingerprint density at radius 1 is 0.967 bits per heavy atom. The van der Waals surface area contributed by atoms with Crippen molar-refractivity contribution in [3.8, 4) is 0 Å². The molecule has 0 saturated heterocycles. The normalized spacial score (nSPS) is 11.9. The summed E-state index contributed by atoms with van der Waals surface area (Å²) < 4.78 is 1.16. The Bertz CT molecular complexity index is 1150. The largest absolute Gasteiger partial charge is 0.548 e. The zero-order chi connectivity index (χ0) is 21.5. The number of para-hydroxylation sites is 1. The topological polar surface area (TPSA) is 124 Å². The van der Waals surface area contributed by atoms with Crippen molar-refractivity contribution < 1.29 is 14.7 Å². The van der Waals surface area contributed by atoms with E-state index in [0.29, 0.717) is 35.7 Å². The lowest BCUT2D eigenvalue weighted by atomic mass is 10.1. The summed E-state index contributed by atoms with van der Waals surface area (Å²) in [6.45, 7) is 0.242. The van der Waals surface area contributed by atoms with Crippen LogP contribution >= 0.6 is 0 Å². The van der Waals surface area contributed by atoms with Gasteiger partial charge in [-0.2, -0.15) is 0 Å². The maximum absolute atomic E-state index is 12.5. The van der Waals surface area contributed by atoms with Crippen LogP contribution in [-0.2, 0) is 16.1 Å². The number of hydrogen-bond donors (Lipinski definition) is 2. The summed E-state index contributed by atoms with van der Waals surface area (Å²) in [5, 5.41) is 14.3. The Morgan fingerprint density at radius 2 is 1.67 bits per heavy atom. The highest BCUT2D eigenvalue weighted by molar-refractivity contribution is 5.83. The number of nitrogens with one attached hydrogen (secondary N) is 2. The third-order valence-corrected chi connectivity index (χ3v) is 4.85. The predicted octanol–water partition coefficient (Wildman–Crippen LogP) is 0.858. The van der Waals surface area contributed by atoms with Crippen LogP contribution in [0.3, 0.4) is 0 Å². The molecule has 0 fully saturated rings. The van der Waals surface area contributed by atoms with Crippen LogP contribution in [0.4, 0.5) is 0 Å². The minimum absolute atomic E-state index is 0.138. The van der Waals surface area contributed by atoms with Gasteiger partial charge in [0.1, 0.15) is 0 Å². The zero-order valence-electron chi connectivity index (χ0n) is 16.3. The van der Waals surface area contributed by atoms with Crippen LogP contribution in [0.15, 0.2) is 64.2 Å². The fourth-order valence-corrected chi connectivity index (χ4v) is 3.29. The quantitative estimate of drug-likeness (QED) is 0.508. The van der Waals surface area contributed by atoms with E-state index in [4.69, 9.17) is 0 Å². The first-order valence-corrected chi connectivity index (χ1v) is 9.74. The average Bonchev–Trinajstić information content (AvgIpc) is 2.74. The lowest BCUT2D eigenvalue weighted by Gasteiger charge is -2.20. The first kappa shape index (κ1) is 21.0. The first-order chi connectivity index (χ1) is 14.5. The van der Waals surface area contributed by atoms with E-state index in [-0.39, 0.29) is 18.5 Å². The number of aromatic amines is 1. The molecular formula is C22H22N3O5-. The lowest BCUT2D eigenvalue weighted by Crippen LogP contribution is -2.41. The molecular weight excluding hydrogens is 386 g/mol. The van der Waals surface area contributed by atoms with Crippen LogP contribution < -0.4 is 21.7 Å². The molecule has 0 aliphatic carbocycles. The molecule has 2 aromatic carbocycles. The third kappa shape index (κ3) is 5.02. The predicted molar refractivity (Wildman–Crippen MR) is 110 cm³/mol. The molecule has 3 rings (SSSR count). The summed E-state index contributed by atoms with van der Waals surface area (Å²) in [7, 11) is 0. The zero-order valence-corrected chi connectivity index (χ0v) is 16.3. The molecule has 156 valence electrons. The molecule has 8 nitrogen and oxygen atoms in total. The fourth-order valence-electron chi connectivity index (χ4n) is 3.29. The number of fused-ring (bicyclic) bond motifs is 1. The molecule has 0 aliphatic rings. The smallest absolute Gasteiger partial charge is 0.328 e. The summed E-state index contributed by atoms with van der Waals surface area (Å²) in [5.74, 6) is -1.77. The molecule has 1 heterocycles. The monoisotopic (exact) mass is 408 g/mol. The van der Waals surface area contributed by atoms with Crippen molar-refractivity contribution in [1.29, 1.82) is 0 Å². The van der Waals surface area contributed by atoms with E-state index >= 15 is 0 Å². The van der Waals surface area contributed by atoms with Crippen molar-refractivity contribution >= 4 is 22.8 Å². The van der Waals surface area contributed by atoms with E-state index < -0.39 is 23.6 Å². The van der Waals surface area contributed by atoms with E-state index in [9.17, 15) is 24.3 Å². The molecule has 0 saturated carbocycles. The number of carbonyl (C=O) groups excluding carboxylic acids is 2. The Labute approximate surface area is 172 Å². The van der Waals surface area contributed by atoms with Crippen molar-refractivity contribution in [3.63, 3.8) is 0 Å². The van der Waals surface area contributed by atoms with Crippen molar-refractivity contribution in [2.24, 2.45) is 0 Å². The molecule has 0 unspecified atom stereocenters. The van der Waals surface area contributed by atoms with Crippen molar-refractivity contribution in [1.82, 2.24) is 14.9 Å². The number of H-pyrrole nitrogens is 1. The van der Waals surface area contributed by atoms with Crippen LogP contribution in [0.25, 0.3) is 10.9 Å². The molecule has 0 bridgehead atoms. The number of aromatic nitrogens is 2. The molecule has 1 atom stereocenters. The number of benzene rings is 2. The van der Waals surface area contributed by atoms with Gasteiger partial charge in [-0.25, -0.2) is 4.79 Å². The molecule has 0 aliphatic heterocycles. The minimum Gasteiger partial charge on any atom is -0.548 e. The molecule has 2 N–H and O–H groups in total. The van der Waals surface area contributed by atoms with Gasteiger partial charge in [-0.15, -0.1) is 0 Å². The minimum atomic E-state index is -1.37. The summed E-state index contributed by atoms with van der Waals surface area (Å²) in [4.78, 5) is 50.7. The third-order valence-electron chi connectivity index (χ3n) is 4.85. The molecule has 3 aromatic rings.